The van der Waals surface area contributed by atoms with Crippen LogP contribution in [0.2, 0.25) is 0 Å². The Morgan fingerprint density at radius 2 is 1.38 bits per heavy atom. The van der Waals surface area contributed by atoms with Gasteiger partial charge in [0.1, 0.15) is 5.82 Å². The lowest BCUT2D eigenvalue weighted by molar-refractivity contribution is -0.137. The van der Waals surface area contributed by atoms with Crippen molar-refractivity contribution in [2.45, 2.75) is 32.4 Å². The fourth-order valence-corrected chi connectivity index (χ4v) is 3.09. The average molecular weight is 366 g/mol. The molecule has 3 rings (SSSR count). The summed E-state index contributed by atoms with van der Waals surface area (Å²) >= 11 is 0. The number of rotatable bonds is 2. The summed E-state index contributed by atoms with van der Waals surface area (Å²) in [5, 5.41) is 0. The van der Waals surface area contributed by atoms with E-state index in [9.17, 15) is 17.6 Å². The molecule has 1 aliphatic heterocycles. The van der Waals surface area contributed by atoms with Crippen LogP contribution in [-0.4, -0.2) is 19.8 Å². The maximum atomic E-state index is 14.6. The van der Waals surface area contributed by atoms with Gasteiger partial charge in [-0.15, -0.1) is 0 Å². The van der Waals surface area contributed by atoms with Crippen molar-refractivity contribution in [3.05, 3.63) is 59.4 Å². The van der Waals surface area contributed by atoms with Crippen molar-refractivity contribution in [2.24, 2.45) is 0 Å². The van der Waals surface area contributed by atoms with Crippen LogP contribution in [0.3, 0.4) is 0 Å². The van der Waals surface area contributed by atoms with E-state index in [-0.39, 0.29) is 11.2 Å². The zero-order valence-electron chi connectivity index (χ0n) is 15.1. The predicted molar refractivity (Wildman–Crippen MR) is 96.1 cm³/mol. The Balaban J connectivity index is 1.75. The van der Waals surface area contributed by atoms with Crippen LogP contribution in [0.5, 0.6) is 0 Å². The van der Waals surface area contributed by atoms with Crippen LogP contribution in [0.1, 0.15) is 31.9 Å². The van der Waals surface area contributed by atoms with Gasteiger partial charge >= 0.3 is 6.18 Å². The second-order valence-corrected chi connectivity index (χ2v) is 7.63. The second-order valence-electron chi connectivity index (χ2n) is 7.63. The Kier molecular flexibility index (Phi) is 4.63. The Bertz CT molecular complexity index is 776. The van der Waals surface area contributed by atoms with Crippen molar-refractivity contribution in [3.63, 3.8) is 0 Å². The second kappa shape index (κ2) is 6.49. The molecule has 0 radical (unpaired) electrons. The van der Waals surface area contributed by atoms with E-state index in [0.29, 0.717) is 31.1 Å². The third kappa shape index (κ3) is 3.79. The molecule has 0 amide bonds. The molecule has 0 aliphatic carbocycles. The SMILES string of the molecule is CC(C)(C)c1ccc(N2CCN(c3ccc(C(F)(F)F)cc3)C2)c(F)c1. The Hall–Kier alpha value is -2.24. The van der Waals surface area contributed by atoms with Crippen molar-refractivity contribution >= 4 is 11.4 Å². The lowest BCUT2D eigenvalue weighted by atomic mass is 9.87. The number of alkyl halides is 3. The number of hydrogen-bond acceptors (Lipinski definition) is 2. The Labute approximate surface area is 151 Å². The molecule has 0 spiro atoms. The monoisotopic (exact) mass is 366 g/mol. The first-order valence-electron chi connectivity index (χ1n) is 8.53. The van der Waals surface area contributed by atoms with Crippen molar-refractivity contribution < 1.29 is 17.6 Å². The van der Waals surface area contributed by atoms with Gasteiger partial charge in [-0.05, 0) is 47.4 Å². The number of anilines is 2. The van der Waals surface area contributed by atoms with Gasteiger partial charge in [0.25, 0.3) is 0 Å². The van der Waals surface area contributed by atoms with Crippen molar-refractivity contribution in [1.29, 1.82) is 0 Å². The molecule has 2 aromatic carbocycles. The third-order valence-electron chi connectivity index (χ3n) is 4.70. The normalized spacial score (nSPS) is 15.7. The van der Waals surface area contributed by atoms with Crippen LogP contribution in [0, 0.1) is 5.82 Å². The maximum absolute atomic E-state index is 14.6. The molecule has 2 nitrogen and oxygen atoms in total. The van der Waals surface area contributed by atoms with E-state index < -0.39 is 11.7 Å². The first-order valence-corrected chi connectivity index (χ1v) is 8.53. The number of benzene rings is 2. The molecule has 0 saturated carbocycles. The van der Waals surface area contributed by atoms with Crippen LogP contribution in [0.4, 0.5) is 28.9 Å². The molecule has 0 unspecified atom stereocenters. The van der Waals surface area contributed by atoms with Crippen LogP contribution in [-0.2, 0) is 11.6 Å². The highest BCUT2D eigenvalue weighted by Gasteiger charge is 2.30. The van der Waals surface area contributed by atoms with E-state index in [2.05, 4.69) is 0 Å². The molecule has 1 fully saturated rings. The summed E-state index contributed by atoms with van der Waals surface area (Å²) < 4.78 is 52.6. The minimum atomic E-state index is -4.34. The summed E-state index contributed by atoms with van der Waals surface area (Å²) in [4.78, 5) is 3.84. The molecule has 0 bridgehead atoms. The van der Waals surface area contributed by atoms with Crippen molar-refractivity contribution in [1.82, 2.24) is 0 Å². The summed E-state index contributed by atoms with van der Waals surface area (Å²) in [5.74, 6) is -0.272. The van der Waals surface area contributed by atoms with E-state index in [0.717, 1.165) is 17.7 Å². The molecule has 1 aliphatic rings. The van der Waals surface area contributed by atoms with E-state index in [1.807, 2.05) is 36.6 Å². The zero-order chi connectivity index (χ0) is 19.1. The summed E-state index contributed by atoms with van der Waals surface area (Å²) in [7, 11) is 0. The van der Waals surface area contributed by atoms with Gasteiger partial charge in [-0.1, -0.05) is 26.8 Å². The molecule has 0 N–H and O–H groups in total. The van der Waals surface area contributed by atoms with Gasteiger partial charge in [-0.3, -0.25) is 0 Å². The first kappa shape index (κ1) is 18.5. The summed E-state index contributed by atoms with van der Waals surface area (Å²) in [6, 6.07) is 10.4. The quantitative estimate of drug-likeness (QED) is 0.654. The van der Waals surface area contributed by atoms with E-state index in [1.54, 1.807) is 12.1 Å². The van der Waals surface area contributed by atoms with Crippen molar-refractivity contribution in [3.8, 4) is 0 Å². The van der Waals surface area contributed by atoms with Crippen molar-refractivity contribution in [2.75, 3.05) is 29.6 Å². The molecular formula is C20H22F4N2. The highest BCUT2D eigenvalue weighted by Crippen LogP contribution is 2.32. The minimum absolute atomic E-state index is 0.128. The lowest BCUT2D eigenvalue weighted by Crippen LogP contribution is -2.26. The Morgan fingerprint density at radius 3 is 1.92 bits per heavy atom. The van der Waals surface area contributed by atoms with E-state index >= 15 is 0 Å². The first-order chi connectivity index (χ1) is 12.1. The smallest absolute Gasteiger partial charge is 0.352 e. The van der Waals surface area contributed by atoms with Crippen LogP contribution in [0.15, 0.2) is 42.5 Å². The number of hydrogen-bond donors (Lipinski definition) is 0. The fourth-order valence-electron chi connectivity index (χ4n) is 3.09. The largest absolute Gasteiger partial charge is 0.416 e. The van der Waals surface area contributed by atoms with Crippen LogP contribution >= 0.6 is 0 Å². The zero-order valence-corrected chi connectivity index (χ0v) is 15.1. The fraction of sp³-hybridized carbons (Fsp3) is 0.400. The molecule has 1 heterocycles. The predicted octanol–water partition coefficient (Wildman–Crippen LogP) is 5.43. The maximum Gasteiger partial charge on any atom is 0.416 e. The molecule has 6 heteroatoms. The molecule has 26 heavy (non-hydrogen) atoms. The van der Waals surface area contributed by atoms with Gasteiger partial charge in [-0.25, -0.2) is 4.39 Å². The number of nitrogens with zero attached hydrogens (tertiary/aromatic N) is 2. The van der Waals surface area contributed by atoms with Crippen LogP contribution < -0.4 is 9.80 Å². The standard InChI is InChI=1S/C20H22F4N2/c1-19(2,3)15-6-9-18(17(21)12-15)26-11-10-25(13-26)16-7-4-14(5-8-16)20(22,23)24/h4-9,12H,10-11,13H2,1-3H3. The molecular weight excluding hydrogens is 344 g/mol. The highest BCUT2D eigenvalue weighted by atomic mass is 19.4. The third-order valence-corrected chi connectivity index (χ3v) is 4.70. The minimum Gasteiger partial charge on any atom is -0.352 e. The topological polar surface area (TPSA) is 6.48 Å². The van der Waals surface area contributed by atoms with Gasteiger partial charge in [0, 0.05) is 18.8 Å². The molecule has 0 aromatic heterocycles. The van der Waals surface area contributed by atoms with Gasteiger partial charge in [0.15, 0.2) is 0 Å². The van der Waals surface area contributed by atoms with E-state index in [1.165, 1.54) is 12.1 Å². The van der Waals surface area contributed by atoms with Gasteiger partial charge < -0.3 is 9.80 Å². The summed E-state index contributed by atoms with van der Waals surface area (Å²) in [6.07, 6.45) is -4.34. The van der Waals surface area contributed by atoms with Gasteiger partial charge in [-0.2, -0.15) is 13.2 Å². The molecule has 1 saturated heterocycles. The van der Waals surface area contributed by atoms with Crippen LogP contribution in [0.25, 0.3) is 0 Å². The van der Waals surface area contributed by atoms with Gasteiger partial charge in [0.2, 0.25) is 0 Å². The lowest BCUT2D eigenvalue weighted by Gasteiger charge is -2.24. The number of halogens is 4. The molecule has 140 valence electrons. The van der Waals surface area contributed by atoms with E-state index in [4.69, 9.17) is 0 Å². The summed E-state index contributed by atoms with van der Waals surface area (Å²) in [5.41, 5.74) is 1.36. The average Bonchev–Trinajstić information content (AvgIpc) is 3.03. The molecule has 0 atom stereocenters. The highest BCUT2D eigenvalue weighted by molar-refractivity contribution is 5.56. The Morgan fingerprint density at radius 1 is 0.808 bits per heavy atom. The van der Waals surface area contributed by atoms with Gasteiger partial charge in [0.05, 0.1) is 17.9 Å². The summed E-state index contributed by atoms with van der Waals surface area (Å²) in [6.45, 7) is 7.78. The molecule has 2 aromatic rings.